The summed E-state index contributed by atoms with van der Waals surface area (Å²) >= 11 is 1.89. The number of hydrogen-bond donors (Lipinski definition) is 1. The first-order valence-corrected chi connectivity index (χ1v) is 7.97. The molecule has 1 aliphatic heterocycles. The van der Waals surface area contributed by atoms with Gasteiger partial charge in [0.25, 0.3) is 0 Å². The molecule has 118 valence electrons. The van der Waals surface area contributed by atoms with Crippen molar-refractivity contribution in [1.29, 1.82) is 0 Å². The average Bonchev–Trinajstić information content (AvgIpc) is 2.38. The molecule has 0 saturated carbocycles. The van der Waals surface area contributed by atoms with Crippen molar-refractivity contribution < 1.29 is 13.2 Å². The van der Waals surface area contributed by atoms with E-state index in [1.165, 1.54) is 12.1 Å². The molecule has 1 aromatic rings. The highest BCUT2D eigenvalue weighted by Gasteiger charge is 2.34. The second-order valence-corrected chi connectivity index (χ2v) is 7.76. The molecule has 1 aliphatic rings. The smallest absolute Gasteiger partial charge is 0.329 e. The van der Waals surface area contributed by atoms with Crippen LogP contribution in [0.2, 0.25) is 0 Å². The van der Waals surface area contributed by atoms with Crippen LogP contribution >= 0.6 is 11.8 Å². The first-order valence-electron chi connectivity index (χ1n) is 6.98. The van der Waals surface area contributed by atoms with Crippen molar-refractivity contribution in [2.45, 2.75) is 30.8 Å². The first-order chi connectivity index (χ1) is 9.73. The molecule has 0 bridgehead atoms. The Bertz CT molecular complexity index is 488. The third kappa shape index (κ3) is 4.14. The van der Waals surface area contributed by atoms with E-state index < -0.39 is 11.7 Å². The molecular weight excluding hydrogens is 297 g/mol. The van der Waals surface area contributed by atoms with Crippen LogP contribution in [0.4, 0.5) is 13.2 Å². The highest BCUT2D eigenvalue weighted by atomic mass is 32.2. The Hall–Kier alpha value is -0.720. The lowest BCUT2D eigenvalue weighted by Crippen LogP contribution is -2.46. The van der Waals surface area contributed by atoms with Crippen LogP contribution < -0.4 is 5.73 Å². The summed E-state index contributed by atoms with van der Waals surface area (Å²) in [4.78, 5) is 2.20. The van der Waals surface area contributed by atoms with Crippen LogP contribution in [0.15, 0.2) is 24.3 Å². The Balaban J connectivity index is 2.25. The van der Waals surface area contributed by atoms with Crippen LogP contribution in [0.5, 0.6) is 0 Å². The van der Waals surface area contributed by atoms with Crippen LogP contribution in [0.1, 0.15) is 31.0 Å². The van der Waals surface area contributed by atoms with E-state index in [2.05, 4.69) is 18.7 Å². The highest BCUT2D eigenvalue weighted by molar-refractivity contribution is 8.00. The number of alkyl halides is 3. The minimum atomic E-state index is -4.31. The van der Waals surface area contributed by atoms with Gasteiger partial charge in [0.15, 0.2) is 0 Å². The van der Waals surface area contributed by atoms with Gasteiger partial charge in [-0.05, 0) is 31.5 Å². The fourth-order valence-corrected chi connectivity index (χ4v) is 3.87. The minimum Gasteiger partial charge on any atom is -0.329 e. The molecule has 1 aromatic carbocycles. The lowest BCUT2D eigenvalue weighted by atomic mass is 10.0. The molecule has 2 rings (SSSR count). The quantitative estimate of drug-likeness (QED) is 0.924. The van der Waals surface area contributed by atoms with Crippen molar-refractivity contribution in [3.05, 3.63) is 35.4 Å². The second-order valence-electron chi connectivity index (χ2n) is 5.95. The number of nitrogens with zero attached hydrogens (tertiary/aromatic N) is 1. The molecule has 0 radical (unpaired) electrons. The van der Waals surface area contributed by atoms with E-state index in [0.717, 1.165) is 24.9 Å². The first kappa shape index (κ1) is 16.6. The summed E-state index contributed by atoms with van der Waals surface area (Å²) in [5.41, 5.74) is 5.89. The number of thioether (sulfide) groups is 1. The van der Waals surface area contributed by atoms with E-state index in [1.807, 2.05) is 11.8 Å². The fourth-order valence-electron chi connectivity index (χ4n) is 2.74. The molecule has 2 nitrogen and oxygen atoms in total. The zero-order valence-electron chi connectivity index (χ0n) is 12.3. The van der Waals surface area contributed by atoms with Gasteiger partial charge in [-0.15, -0.1) is 0 Å². The lowest BCUT2D eigenvalue weighted by molar-refractivity contribution is -0.137. The normalized spacial score (nSPS) is 21.2. The molecule has 1 fully saturated rings. The Morgan fingerprint density at radius 3 is 2.67 bits per heavy atom. The summed E-state index contributed by atoms with van der Waals surface area (Å²) in [6.45, 7) is 6.32. The highest BCUT2D eigenvalue weighted by Crippen LogP contribution is 2.35. The Labute approximate surface area is 127 Å². The molecule has 0 spiro atoms. The number of rotatable bonds is 3. The Kier molecular flexibility index (Phi) is 4.90. The van der Waals surface area contributed by atoms with Gasteiger partial charge in [-0.3, -0.25) is 4.90 Å². The van der Waals surface area contributed by atoms with E-state index in [-0.39, 0.29) is 10.8 Å². The second kappa shape index (κ2) is 6.18. The lowest BCUT2D eigenvalue weighted by Gasteiger charge is -2.41. The molecule has 0 aliphatic carbocycles. The summed E-state index contributed by atoms with van der Waals surface area (Å²) in [6.07, 6.45) is -4.31. The summed E-state index contributed by atoms with van der Waals surface area (Å²) < 4.78 is 38.7. The molecule has 1 saturated heterocycles. The standard InChI is InChI=1S/C15H21F3N2S/c1-14(2)10-20(6-7-21-14)13(9-19)11-4-3-5-12(8-11)15(16,17)18/h3-5,8,13H,6-7,9-10,19H2,1-2H3. The van der Waals surface area contributed by atoms with Crippen LogP contribution in [-0.4, -0.2) is 35.0 Å². The van der Waals surface area contributed by atoms with E-state index in [9.17, 15) is 13.2 Å². The van der Waals surface area contributed by atoms with Crippen LogP contribution in [-0.2, 0) is 6.18 Å². The van der Waals surface area contributed by atoms with Crippen molar-refractivity contribution in [2.75, 3.05) is 25.4 Å². The predicted octanol–water partition coefficient (Wildman–Crippen LogP) is 3.53. The molecule has 1 atom stereocenters. The topological polar surface area (TPSA) is 29.3 Å². The van der Waals surface area contributed by atoms with Gasteiger partial charge in [0.1, 0.15) is 0 Å². The van der Waals surface area contributed by atoms with Crippen molar-refractivity contribution in [2.24, 2.45) is 5.73 Å². The van der Waals surface area contributed by atoms with Gasteiger partial charge in [-0.25, -0.2) is 0 Å². The van der Waals surface area contributed by atoms with Crippen LogP contribution in [0.3, 0.4) is 0 Å². The average molecular weight is 318 g/mol. The summed E-state index contributed by atoms with van der Waals surface area (Å²) in [5, 5.41) is 0. The molecule has 6 heteroatoms. The largest absolute Gasteiger partial charge is 0.416 e. The van der Waals surface area contributed by atoms with Gasteiger partial charge >= 0.3 is 6.18 Å². The molecule has 1 heterocycles. The Morgan fingerprint density at radius 2 is 2.10 bits per heavy atom. The fraction of sp³-hybridized carbons (Fsp3) is 0.600. The van der Waals surface area contributed by atoms with Gasteiger partial charge in [-0.1, -0.05) is 12.1 Å². The van der Waals surface area contributed by atoms with Gasteiger partial charge in [0.2, 0.25) is 0 Å². The van der Waals surface area contributed by atoms with E-state index in [0.29, 0.717) is 12.1 Å². The summed E-state index contributed by atoms with van der Waals surface area (Å²) in [5.74, 6) is 0.975. The van der Waals surface area contributed by atoms with Gasteiger partial charge in [0.05, 0.1) is 5.56 Å². The predicted molar refractivity (Wildman–Crippen MR) is 81.3 cm³/mol. The number of benzene rings is 1. The maximum absolute atomic E-state index is 12.9. The number of nitrogens with two attached hydrogens (primary N) is 1. The van der Waals surface area contributed by atoms with Crippen LogP contribution in [0, 0.1) is 0 Å². The summed E-state index contributed by atoms with van der Waals surface area (Å²) in [6, 6.07) is 5.37. The monoisotopic (exact) mass is 318 g/mol. The minimum absolute atomic E-state index is 0.104. The van der Waals surface area contributed by atoms with E-state index >= 15 is 0 Å². The van der Waals surface area contributed by atoms with Crippen molar-refractivity contribution in [1.82, 2.24) is 4.90 Å². The van der Waals surface area contributed by atoms with Gasteiger partial charge < -0.3 is 5.73 Å². The number of hydrogen-bond acceptors (Lipinski definition) is 3. The Morgan fingerprint density at radius 1 is 1.38 bits per heavy atom. The third-order valence-corrected chi connectivity index (χ3v) is 5.02. The molecular formula is C15H21F3N2S. The maximum atomic E-state index is 12.9. The molecule has 1 unspecified atom stereocenters. The zero-order valence-corrected chi connectivity index (χ0v) is 13.1. The van der Waals surface area contributed by atoms with Crippen molar-refractivity contribution >= 4 is 11.8 Å². The molecule has 0 amide bonds. The molecule has 0 aromatic heterocycles. The van der Waals surface area contributed by atoms with E-state index in [1.54, 1.807) is 6.07 Å². The maximum Gasteiger partial charge on any atom is 0.416 e. The molecule has 2 N–H and O–H groups in total. The van der Waals surface area contributed by atoms with Gasteiger partial charge in [-0.2, -0.15) is 24.9 Å². The van der Waals surface area contributed by atoms with Gasteiger partial charge in [0, 0.05) is 36.2 Å². The van der Waals surface area contributed by atoms with E-state index in [4.69, 9.17) is 5.73 Å². The van der Waals surface area contributed by atoms with Crippen molar-refractivity contribution in [3.8, 4) is 0 Å². The van der Waals surface area contributed by atoms with Crippen molar-refractivity contribution in [3.63, 3.8) is 0 Å². The molecule has 21 heavy (non-hydrogen) atoms. The SMILES string of the molecule is CC1(C)CN(C(CN)c2cccc(C(F)(F)F)c2)CCS1. The summed E-state index contributed by atoms with van der Waals surface area (Å²) in [7, 11) is 0. The van der Waals surface area contributed by atoms with Crippen LogP contribution in [0.25, 0.3) is 0 Å². The third-order valence-electron chi connectivity index (χ3n) is 3.72. The zero-order chi connectivity index (χ0) is 15.7. The number of halogens is 3.